The maximum Gasteiger partial charge on any atom is 0.165 e. The third-order valence-corrected chi connectivity index (χ3v) is 3.32. The maximum absolute atomic E-state index is 13.6. The fourth-order valence-corrected chi connectivity index (χ4v) is 2.42. The van der Waals surface area contributed by atoms with Crippen LogP contribution in [0.5, 0.6) is 5.75 Å². The zero-order valence-electron chi connectivity index (χ0n) is 11.4. The molecule has 6 heteroatoms. The molecule has 0 aromatic heterocycles. The number of halogens is 3. The lowest BCUT2D eigenvalue weighted by atomic mass is 10.0. The van der Waals surface area contributed by atoms with E-state index in [-0.39, 0.29) is 36.6 Å². The van der Waals surface area contributed by atoms with Crippen LogP contribution in [0.4, 0.5) is 4.39 Å². The van der Waals surface area contributed by atoms with E-state index >= 15 is 0 Å². The molecule has 2 N–H and O–H groups in total. The van der Waals surface area contributed by atoms with Crippen molar-refractivity contribution in [2.45, 2.75) is 13.0 Å². The molecule has 1 atom stereocenters. The van der Waals surface area contributed by atoms with Crippen LogP contribution in [0.1, 0.15) is 17.2 Å². The smallest absolute Gasteiger partial charge is 0.165 e. The van der Waals surface area contributed by atoms with Crippen molar-refractivity contribution in [1.82, 2.24) is 10.2 Å². The van der Waals surface area contributed by atoms with Crippen molar-refractivity contribution in [3.8, 4) is 5.75 Å². The summed E-state index contributed by atoms with van der Waals surface area (Å²) in [6.45, 7) is 9.18. The Hall–Kier alpha value is -0.810. The molecule has 3 nitrogen and oxygen atoms in total. The summed E-state index contributed by atoms with van der Waals surface area (Å²) in [6, 6.07) is 3.03. The number of hydrogen-bond acceptors (Lipinski definition) is 3. The number of piperazine rings is 1. The molecule has 1 aliphatic rings. The number of aryl methyl sites for hydroxylation is 1. The zero-order valence-corrected chi connectivity index (χ0v) is 13.1. The van der Waals surface area contributed by atoms with Gasteiger partial charge in [-0.2, -0.15) is 0 Å². The minimum Gasteiger partial charge on any atom is -0.505 e. The second-order valence-electron chi connectivity index (χ2n) is 4.65. The van der Waals surface area contributed by atoms with Gasteiger partial charge in [-0.3, -0.25) is 4.90 Å². The van der Waals surface area contributed by atoms with Crippen LogP contribution in [-0.4, -0.2) is 36.2 Å². The van der Waals surface area contributed by atoms with Gasteiger partial charge < -0.3 is 10.4 Å². The van der Waals surface area contributed by atoms with Gasteiger partial charge in [-0.25, -0.2) is 4.39 Å². The van der Waals surface area contributed by atoms with Gasteiger partial charge in [-0.15, -0.1) is 31.4 Å². The molecule has 0 radical (unpaired) electrons. The molecule has 114 valence electrons. The van der Waals surface area contributed by atoms with Crippen molar-refractivity contribution >= 4 is 24.8 Å². The van der Waals surface area contributed by atoms with E-state index in [1.807, 2.05) is 13.0 Å². The molecule has 0 bridgehead atoms. The Morgan fingerprint density at radius 3 is 2.50 bits per heavy atom. The molecule has 1 fully saturated rings. The number of hydrogen-bond donors (Lipinski definition) is 2. The molecule has 20 heavy (non-hydrogen) atoms. The number of aromatic hydroxyl groups is 1. The molecule has 0 amide bonds. The minimum atomic E-state index is -0.563. The molecular formula is C14H21Cl2FN2O. The van der Waals surface area contributed by atoms with E-state index in [4.69, 9.17) is 0 Å². The van der Waals surface area contributed by atoms with Crippen LogP contribution in [0.25, 0.3) is 0 Å². The summed E-state index contributed by atoms with van der Waals surface area (Å²) >= 11 is 0. The Kier molecular flexibility index (Phi) is 8.13. The van der Waals surface area contributed by atoms with Gasteiger partial charge >= 0.3 is 0 Å². The van der Waals surface area contributed by atoms with Crippen molar-refractivity contribution in [2.24, 2.45) is 0 Å². The Bertz CT molecular complexity index is 451. The molecule has 0 aliphatic carbocycles. The molecule has 0 spiro atoms. The highest BCUT2D eigenvalue weighted by molar-refractivity contribution is 5.85. The standard InChI is InChI=1S/C14H19FN2O.2ClH/c1-3-13(17-6-4-16-5-7-17)11-8-10(2)9-12(15)14(11)18;;/h3,8-9,13,16,18H,1,4-7H2,2H3;2*1H/t13-;;/m0../s1. The lowest BCUT2D eigenvalue weighted by Gasteiger charge is -2.33. The van der Waals surface area contributed by atoms with Crippen molar-refractivity contribution in [1.29, 1.82) is 0 Å². The van der Waals surface area contributed by atoms with Gasteiger partial charge in [0, 0.05) is 31.7 Å². The topological polar surface area (TPSA) is 35.5 Å². The monoisotopic (exact) mass is 322 g/mol. The summed E-state index contributed by atoms with van der Waals surface area (Å²) in [6.07, 6.45) is 1.76. The summed E-state index contributed by atoms with van der Waals surface area (Å²) < 4.78 is 13.6. The normalized spacial score (nSPS) is 16.7. The molecule has 2 rings (SSSR count). The summed E-state index contributed by atoms with van der Waals surface area (Å²) in [7, 11) is 0. The Morgan fingerprint density at radius 1 is 1.35 bits per heavy atom. The third kappa shape index (κ3) is 4.09. The SMILES string of the molecule is C=C[C@@H](c1cc(C)cc(F)c1O)N1CCNCC1.Cl.Cl. The van der Waals surface area contributed by atoms with E-state index in [0.29, 0.717) is 5.56 Å². The lowest BCUT2D eigenvalue weighted by molar-refractivity contribution is 0.200. The quantitative estimate of drug-likeness (QED) is 0.840. The first kappa shape index (κ1) is 19.2. The average molecular weight is 323 g/mol. The van der Waals surface area contributed by atoms with Crippen LogP contribution >= 0.6 is 24.8 Å². The Balaban J connectivity index is 0.00000180. The molecule has 0 saturated carbocycles. The largest absolute Gasteiger partial charge is 0.505 e. The van der Waals surface area contributed by atoms with E-state index in [0.717, 1.165) is 31.7 Å². The molecule has 1 aromatic carbocycles. The van der Waals surface area contributed by atoms with Crippen LogP contribution in [-0.2, 0) is 0 Å². The number of rotatable bonds is 3. The second kappa shape index (κ2) is 8.47. The minimum absolute atomic E-state index is 0. The van der Waals surface area contributed by atoms with E-state index < -0.39 is 5.82 Å². The van der Waals surface area contributed by atoms with Gasteiger partial charge in [0.15, 0.2) is 11.6 Å². The molecule has 1 aliphatic heterocycles. The van der Waals surface area contributed by atoms with Gasteiger partial charge in [-0.05, 0) is 18.6 Å². The molecule has 1 saturated heterocycles. The maximum atomic E-state index is 13.6. The predicted octanol–water partition coefficient (Wildman–Crippen LogP) is 2.82. The molecule has 1 heterocycles. The van der Waals surface area contributed by atoms with E-state index in [1.54, 1.807) is 6.08 Å². The van der Waals surface area contributed by atoms with Crippen molar-refractivity contribution in [2.75, 3.05) is 26.2 Å². The first-order chi connectivity index (χ1) is 8.63. The summed E-state index contributed by atoms with van der Waals surface area (Å²) in [4.78, 5) is 2.19. The van der Waals surface area contributed by atoms with Crippen LogP contribution in [0.2, 0.25) is 0 Å². The van der Waals surface area contributed by atoms with E-state index in [1.165, 1.54) is 6.07 Å². The van der Waals surface area contributed by atoms with Crippen molar-refractivity contribution in [3.63, 3.8) is 0 Å². The highest BCUT2D eigenvalue weighted by atomic mass is 35.5. The second-order valence-corrected chi connectivity index (χ2v) is 4.65. The van der Waals surface area contributed by atoms with Crippen LogP contribution in [0.3, 0.4) is 0 Å². The molecule has 0 unspecified atom stereocenters. The number of nitrogens with zero attached hydrogens (tertiary/aromatic N) is 1. The number of phenols is 1. The fourth-order valence-electron chi connectivity index (χ4n) is 2.42. The highest BCUT2D eigenvalue weighted by Crippen LogP contribution is 2.32. The Morgan fingerprint density at radius 2 is 1.95 bits per heavy atom. The van der Waals surface area contributed by atoms with Gasteiger partial charge in [0.25, 0.3) is 0 Å². The number of nitrogens with one attached hydrogen (secondary N) is 1. The van der Waals surface area contributed by atoms with Crippen LogP contribution < -0.4 is 5.32 Å². The average Bonchev–Trinajstić information content (AvgIpc) is 2.37. The van der Waals surface area contributed by atoms with Crippen molar-refractivity contribution in [3.05, 3.63) is 41.7 Å². The number of benzene rings is 1. The van der Waals surface area contributed by atoms with Gasteiger partial charge in [0.2, 0.25) is 0 Å². The number of phenolic OH excluding ortho intramolecular Hbond substituents is 1. The van der Waals surface area contributed by atoms with Crippen LogP contribution in [0.15, 0.2) is 24.8 Å². The summed E-state index contributed by atoms with van der Waals surface area (Å²) in [5.41, 5.74) is 1.41. The molecule has 1 aromatic rings. The first-order valence-electron chi connectivity index (χ1n) is 6.20. The fraction of sp³-hybridized carbons (Fsp3) is 0.429. The van der Waals surface area contributed by atoms with Gasteiger partial charge in [-0.1, -0.05) is 12.1 Å². The van der Waals surface area contributed by atoms with Crippen molar-refractivity contribution < 1.29 is 9.50 Å². The lowest BCUT2D eigenvalue weighted by Crippen LogP contribution is -2.44. The van der Waals surface area contributed by atoms with Gasteiger partial charge in [0.1, 0.15) is 0 Å². The summed E-state index contributed by atoms with van der Waals surface area (Å²) in [5, 5.41) is 13.2. The third-order valence-electron chi connectivity index (χ3n) is 3.32. The molecular weight excluding hydrogens is 302 g/mol. The van der Waals surface area contributed by atoms with Crippen LogP contribution in [0, 0.1) is 12.7 Å². The van der Waals surface area contributed by atoms with E-state index in [2.05, 4.69) is 16.8 Å². The predicted molar refractivity (Wildman–Crippen MR) is 84.7 cm³/mol. The highest BCUT2D eigenvalue weighted by Gasteiger charge is 2.23. The van der Waals surface area contributed by atoms with E-state index in [9.17, 15) is 9.50 Å². The summed E-state index contributed by atoms with van der Waals surface area (Å²) in [5.74, 6) is -0.823. The van der Waals surface area contributed by atoms with Gasteiger partial charge in [0.05, 0.1) is 6.04 Å². The first-order valence-corrected chi connectivity index (χ1v) is 6.20. The Labute approximate surface area is 131 Å². The zero-order chi connectivity index (χ0) is 13.1.